The Kier molecular flexibility index (Phi) is 1.78. The SMILES string of the molecule is Cn1cc(CN)cc1Cl. The second-order valence-electron chi connectivity index (χ2n) is 1.99. The molecule has 3 heteroatoms. The van der Waals surface area contributed by atoms with Gasteiger partial charge in [-0.25, -0.2) is 0 Å². The Bertz CT molecular complexity index is 185. The van der Waals surface area contributed by atoms with Crippen molar-refractivity contribution in [2.24, 2.45) is 12.8 Å². The van der Waals surface area contributed by atoms with Crippen LogP contribution in [-0.2, 0) is 13.6 Å². The minimum atomic E-state index is 0.556. The number of hydrogen-bond donors (Lipinski definition) is 1. The highest BCUT2D eigenvalue weighted by Crippen LogP contribution is 2.11. The molecule has 0 aliphatic carbocycles. The molecule has 0 fully saturated rings. The van der Waals surface area contributed by atoms with Gasteiger partial charge in [0.15, 0.2) is 0 Å². The summed E-state index contributed by atoms with van der Waals surface area (Å²) < 4.78 is 1.84. The van der Waals surface area contributed by atoms with Crippen molar-refractivity contribution < 1.29 is 0 Å². The molecule has 0 atom stereocenters. The van der Waals surface area contributed by atoms with Gasteiger partial charge >= 0.3 is 0 Å². The topological polar surface area (TPSA) is 30.9 Å². The Labute approximate surface area is 59.2 Å². The molecule has 0 radical (unpaired) electrons. The third-order valence-corrected chi connectivity index (χ3v) is 1.61. The predicted molar refractivity (Wildman–Crippen MR) is 38.3 cm³/mol. The molecule has 0 aliphatic rings. The molecule has 1 rings (SSSR count). The van der Waals surface area contributed by atoms with Crippen LogP contribution in [0, 0.1) is 0 Å². The summed E-state index contributed by atoms with van der Waals surface area (Å²) in [5.74, 6) is 0. The minimum Gasteiger partial charge on any atom is -0.342 e. The van der Waals surface area contributed by atoms with Crippen LogP contribution in [0.5, 0.6) is 0 Å². The Morgan fingerprint density at radius 3 is 2.67 bits per heavy atom. The highest BCUT2D eigenvalue weighted by molar-refractivity contribution is 6.29. The Morgan fingerprint density at radius 1 is 1.78 bits per heavy atom. The summed E-state index contributed by atoms with van der Waals surface area (Å²) in [6.07, 6.45) is 1.92. The quantitative estimate of drug-likeness (QED) is 0.630. The third-order valence-electron chi connectivity index (χ3n) is 1.24. The number of halogens is 1. The maximum atomic E-state index is 5.72. The highest BCUT2D eigenvalue weighted by atomic mass is 35.5. The van der Waals surface area contributed by atoms with Crippen molar-refractivity contribution in [2.75, 3.05) is 0 Å². The second-order valence-corrected chi connectivity index (χ2v) is 2.37. The maximum absolute atomic E-state index is 5.72. The van der Waals surface area contributed by atoms with Gasteiger partial charge in [0.1, 0.15) is 5.15 Å². The average Bonchev–Trinajstić information content (AvgIpc) is 2.13. The summed E-state index contributed by atoms with van der Waals surface area (Å²) in [4.78, 5) is 0. The summed E-state index contributed by atoms with van der Waals surface area (Å²) in [7, 11) is 1.89. The largest absolute Gasteiger partial charge is 0.342 e. The smallest absolute Gasteiger partial charge is 0.108 e. The number of aryl methyl sites for hydroxylation is 1. The van der Waals surface area contributed by atoms with Gasteiger partial charge in [-0.1, -0.05) is 11.6 Å². The van der Waals surface area contributed by atoms with E-state index >= 15 is 0 Å². The van der Waals surface area contributed by atoms with Gasteiger partial charge in [-0.3, -0.25) is 0 Å². The van der Waals surface area contributed by atoms with Gasteiger partial charge in [-0.15, -0.1) is 0 Å². The first kappa shape index (κ1) is 6.65. The van der Waals surface area contributed by atoms with E-state index < -0.39 is 0 Å². The van der Waals surface area contributed by atoms with Crippen LogP contribution < -0.4 is 5.73 Å². The molecule has 0 aliphatic heterocycles. The van der Waals surface area contributed by atoms with Crippen LogP contribution in [0.15, 0.2) is 12.3 Å². The van der Waals surface area contributed by atoms with Crippen LogP contribution in [0.4, 0.5) is 0 Å². The van der Waals surface area contributed by atoms with Gasteiger partial charge in [-0.05, 0) is 11.6 Å². The Morgan fingerprint density at radius 2 is 2.44 bits per heavy atom. The van der Waals surface area contributed by atoms with E-state index in [9.17, 15) is 0 Å². The van der Waals surface area contributed by atoms with Crippen LogP contribution >= 0.6 is 11.6 Å². The van der Waals surface area contributed by atoms with Crippen LogP contribution in [0.3, 0.4) is 0 Å². The predicted octanol–water partition coefficient (Wildman–Crippen LogP) is 1.14. The Balaban J connectivity index is 2.98. The zero-order chi connectivity index (χ0) is 6.85. The minimum absolute atomic E-state index is 0.556. The van der Waals surface area contributed by atoms with E-state index in [0.29, 0.717) is 6.54 Å². The van der Waals surface area contributed by atoms with E-state index in [1.165, 1.54) is 0 Å². The van der Waals surface area contributed by atoms with Crippen molar-refractivity contribution in [3.8, 4) is 0 Å². The van der Waals surface area contributed by atoms with Gasteiger partial charge in [0.25, 0.3) is 0 Å². The lowest BCUT2D eigenvalue weighted by Crippen LogP contribution is -1.93. The van der Waals surface area contributed by atoms with E-state index in [4.69, 9.17) is 17.3 Å². The van der Waals surface area contributed by atoms with Gasteiger partial charge in [0.2, 0.25) is 0 Å². The number of rotatable bonds is 1. The molecule has 1 aromatic rings. The maximum Gasteiger partial charge on any atom is 0.108 e. The van der Waals surface area contributed by atoms with Crippen molar-refractivity contribution in [2.45, 2.75) is 6.54 Å². The van der Waals surface area contributed by atoms with E-state index in [1.807, 2.05) is 23.9 Å². The fraction of sp³-hybridized carbons (Fsp3) is 0.333. The van der Waals surface area contributed by atoms with Crippen molar-refractivity contribution >= 4 is 11.6 Å². The molecule has 2 nitrogen and oxygen atoms in total. The summed E-state index contributed by atoms with van der Waals surface area (Å²) in [6.45, 7) is 0.556. The molecule has 0 saturated carbocycles. The van der Waals surface area contributed by atoms with E-state index in [-0.39, 0.29) is 0 Å². The van der Waals surface area contributed by atoms with Gasteiger partial charge in [0.05, 0.1) is 0 Å². The molecule has 2 N–H and O–H groups in total. The average molecular weight is 145 g/mol. The molecule has 1 heterocycles. The normalized spacial score (nSPS) is 10.1. The first-order valence-electron chi connectivity index (χ1n) is 2.75. The van der Waals surface area contributed by atoms with Gasteiger partial charge in [0, 0.05) is 19.8 Å². The molecular formula is C6H9ClN2. The summed E-state index contributed by atoms with van der Waals surface area (Å²) in [5.41, 5.74) is 6.43. The fourth-order valence-electron chi connectivity index (χ4n) is 0.714. The van der Waals surface area contributed by atoms with Crippen molar-refractivity contribution in [3.63, 3.8) is 0 Å². The van der Waals surface area contributed by atoms with Crippen LogP contribution in [0.25, 0.3) is 0 Å². The molecule has 50 valence electrons. The van der Waals surface area contributed by atoms with Crippen molar-refractivity contribution in [1.82, 2.24) is 4.57 Å². The molecule has 0 spiro atoms. The van der Waals surface area contributed by atoms with Gasteiger partial charge < -0.3 is 10.3 Å². The van der Waals surface area contributed by atoms with Crippen LogP contribution in [-0.4, -0.2) is 4.57 Å². The first-order valence-corrected chi connectivity index (χ1v) is 3.12. The van der Waals surface area contributed by atoms with E-state index in [1.54, 1.807) is 0 Å². The van der Waals surface area contributed by atoms with Gasteiger partial charge in [-0.2, -0.15) is 0 Å². The number of nitrogens with zero attached hydrogens (tertiary/aromatic N) is 1. The molecular weight excluding hydrogens is 136 g/mol. The Hall–Kier alpha value is -0.470. The fourth-order valence-corrected chi connectivity index (χ4v) is 0.903. The molecule has 1 aromatic heterocycles. The number of hydrogen-bond acceptors (Lipinski definition) is 1. The molecule has 0 saturated heterocycles. The third kappa shape index (κ3) is 1.26. The molecule has 0 amide bonds. The molecule has 0 unspecified atom stereocenters. The molecule has 0 aromatic carbocycles. The molecule has 0 bridgehead atoms. The summed E-state index contributed by atoms with van der Waals surface area (Å²) in [5, 5.41) is 0.732. The lowest BCUT2D eigenvalue weighted by atomic mass is 10.3. The zero-order valence-electron chi connectivity index (χ0n) is 5.26. The van der Waals surface area contributed by atoms with Crippen LogP contribution in [0.1, 0.15) is 5.56 Å². The number of nitrogens with two attached hydrogens (primary N) is 1. The monoisotopic (exact) mass is 144 g/mol. The summed E-state index contributed by atoms with van der Waals surface area (Å²) in [6, 6.07) is 1.86. The van der Waals surface area contributed by atoms with Crippen molar-refractivity contribution in [3.05, 3.63) is 23.0 Å². The zero-order valence-corrected chi connectivity index (χ0v) is 6.02. The van der Waals surface area contributed by atoms with Crippen molar-refractivity contribution in [1.29, 1.82) is 0 Å². The van der Waals surface area contributed by atoms with Crippen LogP contribution in [0.2, 0.25) is 5.15 Å². The van der Waals surface area contributed by atoms with E-state index in [0.717, 1.165) is 10.7 Å². The molecule has 9 heavy (non-hydrogen) atoms. The lowest BCUT2D eigenvalue weighted by molar-refractivity contribution is 0.917. The van der Waals surface area contributed by atoms with E-state index in [2.05, 4.69) is 0 Å². The first-order chi connectivity index (χ1) is 4.24. The number of aromatic nitrogens is 1. The lowest BCUT2D eigenvalue weighted by Gasteiger charge is -1.87. The summed E-state index contributed by atoms with van der Waals surface area (Å²) >= 11 is 5.72. The standard InChI is InChI=1S/C6H9ClN2/c1-9-4-5(3-8)2-6(9)7/h2,4H,3,8H2,1H3. The second kappa shape index (κ2) is 2.42. The highest BCUT2D eigenvalue weighted by Gasteiger charge is 1.95.